The average Bonchev–Trinajstić information content (AvgIpc) is 2.49. The molecule has 0 atom stereocenters. The van der Waals surface area contributed by atoms with Crippen LogP contribution in [0.1, 0.15) is 17.5 Å². The number of para-hydroxylation sites is 1. The zero-order chi connectivity index (χ0) is 16.7. The van der Waals surface area contributed by atoms with Gasteiger partial charge in [0.15, 0.2) is 0 Å². The first-order valence-electron chi connectivity index (χ1n) is 7.41. The first kappa shape index (κ1) is 17.0. The molecule has 0 saturated carbocycles. The summed E-state index contributed by atoms with van der Waals surface area (Å²) in [5.41, 5.74) is 2.73. The van der Waals surface area contributed by atoms with Crippen LogP contribution in [0.5, 0.6) is 0 Å². The summed E-state index contributed by atoms with van der Waals surface area (Å²) in [5, 5.41) is 6.15. The van der Waals surface area contributed by atoms with Crippen LogP contribution in [0.25, 0.3) is 0 Å². The molecule has 0 saturated heterocycles. The number of nitrogens with one attached hydrogen (secondary N) is 2. The Balaban J connectivity index is 1.74. The van der Waals surface area contributed by atoms with Gasteiger partial charge in [-0.15, -0.1) is 0 Å². The van der Waals surface area contributed by atoms with Crippen LogP contribution in [0.3, 0.4) is 0 Å². The molecular formula is C18H19ClN2O2. The van der Waals surface area contributed by atoms with Crippen LogP contribution in [0.15, 0.2) is 48.5 Å². The summed E-state index contributed by atoms with van der Waals surface area (Å²) in [6.45, 7) is 2.37. The highest BCUT2D eigenvalue weighted by Crippen LogP contribution is 2.13. The largest absolute Gasteiger partial charge is 0.355 e. The summed E-state index contributed by atoms with van der Waals surface area (Å²) in [5.74, 6) is -0.613. The van der Waals surface area contributed by atoms with Gasteiger partial charge in [0, 0.05) is 17.3 Å². The van der Waals surface area contributed by atoms with E-state index in [0.717, 1.165) is 16.8 Å². The van der Waals surface area contributed by atoms with Crippen LogP contribution in [-0.4, -0.2) is 18.4 Å². The summed E-state index contributed by atoms with van der Waals surface area (Å²) < 4.78 is 0. The maximum atomic E-state index is 11.9. The predicted octanol–water partition coefficient (Wildman–Crippen LogP) is 3.34. The van der Waals surface area contributed by atoms with Crippen molar-refractivity contribution in [3.05, 3.63) is 64.7 Å². The quantitative estimate of drug-likeness (QED) is 0.798. The normalized spacial score (nSPS) is 10.2. The smallest absolute Gasteiger partial charge is 0.233 e. The molecule has 2 aromatic rings. The second kappa shape index (κ2) is 8.34. The van der Waals surface area contributed by atoms with Crippen molar-refractivity contribution in [2.75, 3.05) is 11.9 Å². The third-order valence-electron chi connectivity index (χ3n) is 3.37. The Morgan fingerprint density at radius 1 is 1.04 bits per heavy atom. The molecule has 2 aromatic carbocycles. The van der Waals surface area contributed by atoms with Crippen LogP contribution in [-0.2, 0) is 16.0 Å². The Labute approximate surface area is 140 Å². The molecule has 0 aliphatic rings. The van der Waals surface area contributed by atoms with E-state index in [1.807, 2.05) is 49.4 Å². The number of hydrogen-bond acceptors (Lipinski definition) is 2. The van der Waals surface area contributed by atoms with Gasteiger partial charge in [0.25, 0.3) is 0 Å². The Morgan fingerprint density at radius 2 is 1.83 bits per heavy atom. The molecule has 23 heavy (non-hydrogen) atoms. The molecule has 2 N–H and O–H groups in total. The standard InChI is InChI=1S/C18H19ClN2O2/c1-13-5-2-3-8-16(13)21-18(23)12-17(22)20-10-9-14-6-4-7-15(19)11-14/h2-8,11H,9-10,12H2,1H3,(H,20,22)(H,21,23). The number of hydrogen-bond donors (Lipinski definition) is 2. The van der Waals surface area contributed by atoms with Crippen molar-refractivity contribution in [1.82, 2.24) is 5.32 Å². The summed E-state index contributed by atoms with van der Waals surface area (Å²) in [6.07, 6.45) is 0.482. The lowest BCUT2D eigenvalue weighted by Gasteiger charge is -2.08. The van der Waals surface area contributed by atoms with Crippen molar-refractivity contribution in [2.24, 2.45) is 0 Å². The van der Waals surface area contributed by atoms with Crippen LogP contribution in [0.2, 0.25) is 5.02 Å². The van der Waals surface area contributed by atoms with E-state index in [0.29, 0.717) is 18.0 Å². The van der Waals surface area contributed by atoms with Crippen molar-refractivity contribution in [1.29, 1.82) is 0 Å². The molecule has 0 unspecified atom stereocenters. The maximum Gasteiger partial charge on any atom is 0.233 e. The van der Waals surface area contributed by atoms with E-state index in [4.69, 9.17) is 11.6 Å². The van der Waals surface area contributed by atoms with Gasteiger partial charge in [-0.25, -0.2) is 0 Å². The molecular weight excluding hydrogens is 312 g/mol. The van der Waals surface area contributed by atoms with Gasteiger partial charge in [-0.1, -0.05) is 41.9 Å². The van der Waals surface area contributed by atoms with Crippen LogP contribution in [0.4, 0.5) is 5.69 Å². The van der Waals surface area contributed by atoms with E-state index >= 15 is 0 Å². The molecule has 5 heteroatoms. The lowest BCUT2D eigenvalue weighted by molar-refractivity contribution is -0.126. The number of halogens is 1. The molecule has 0 bridgehead atoms. The number of carbonyl (C=O) groups is 2. The van der Waals surface area contributed by atoms with E-state index in [9.17, 15) is 9.59 Å². The van der Waals surface area contributed by atoms with E-state index in [1.54, 1.807) is 6.07 Å². The van der Waals surface area contributed by atoms with Crippen molar-refractivity contribution >= 4 is 29.1 Å². The fourth-order valence-electron chi connectivity index (χ4n) is 2.15. The Hall–Kier alpha value is -2.33. The first-order chi connectivity index (χ1) is 11.0. The topological polar surface area (TPSA) is 58.2 Å². The molecule has 0 aliphatic carbocycles. The molecule has 4 nitrogen and oxygen atoms in total. The van der Waals surface area contributed by atoms with Gasteiger partial charge in [-0.3, -0.25) is 9.59 Å². The van der Waals surface area contributed by atoms with Gasteiger partial charge in [0.05, 0.1) is 0 Å². The highest BCUT2D eigenvalue weighted by atomic mass is 35.5. The second-order valence-electron chi connectivity index (χ2n) is 5.27. The molecule has 0 spiro atoms. The number of aryl methyl sites for hydroxylation is 1. The Morgan fingerprint density at radius 3 is 2.57 bits per heavy atom. The van der Waals surface area contributed by atoms with Gasteiger partial charge < -0.3 is 10.6 Å². The summed E-state index contributed by atoms with van der Waals surface area (Å²) in [6, 6.07) is 14.9. The minimum absolute atomic E-state index is 0.191. The van der Waals surface area contributed by atoms with Gasteiger partial charge in [0.1, 0.15) is 6.42 Å². The number of rotatable bonds is 6. The van der Waals surface area contributed by atoms with Crippen LogP contribution in [0, 0.1) is 6.92 Å². The molecule has 2 amide bonds. The van der Waals surface area contributed by atoms with Gasteiger partial charge in [-0.05, 0) is 42.7 Å². The first-order valence-corrected chi connectivity index (χ1v) is 7.79. The molecule has 0 fully saturated rings. The van der Waals surface area contributed by atoms with Crippen molar-refractivity contribution < 1.29 is 9.59 Å². The van der Waals surface area contributed by atoms with Crippen molar-refractivity contribution in [2.45, 2.75) is 19.8 Å². The molecule has 0 aliphatic heterocycles. The second-order valence-corrected chi connectivity index (χ2v) is 5.71. The Kier molecular flexibility index (Phi) is 6.18. The molecule has 120 valence electrons. The zero-order valence-electron chi connectivity index (χ0n) is 12.9. The Bertz CT molecular complexity index is 701. The van der Waals surface area contributed by atoms with Gasteiger partial charge in [-0.2, -0.15) is 0 Å². The van der Waals surface area contributed by atoms with Gasteiger partial charge in [0.2, 0.25) is 11.8 Å². The molecule has 2 rings (SSSR count). The maximum absolute atomic E-state index is 11.9. The zero-order valence-corrected chi connectivity index (χ0v) is 13.7. The predicted molar refractivity (Wildman–Crippen MR) is 92.6 cm³/mol. The third kappa shape index (κ3) is 5.75. The average molecular weight is 331 g/mol. The van der Waals surface area contributed by atoms with Crippen molar-refractivity contribution in [3.8, 4) is 0 Å². The minimum Gasteiger partial charge on any atom is -0.355 e. The van der Waals surface area contributed by atoms with Crippen LogP contribution >= 0.6 is 11.6 Å². The number of carbonyl (C=O) groups excluding carboxylic acids is 2. The van der Waals surface area contributed by atoms with Crippen LogP contribution < -0.4 is 10.6 Å². The third-order valence-corrected chi connectivity index (χ3v) is 3.60. The SMILES string of the molecule is Cc1ccccc1NC(=O)CC(=O)NCCc1cccc(Cl)c1. The fraction of sp³-hybridized carbons (Fsp3) is 0.222. The molecule has 0 radical (unpaired) electrons. The highest BCUT2D eigenvalue weighted by molar-refractivity contribution is 6.30. The van der Waals surface area contributed by atoms with Gasteiger partial charge >= 0.3 is 0 Å². The summed E-state index contributed by atoms with van der Waals surface area (Å²) in [7, 11) is 0. The summed E-state index contributed by atoms with van der Waals surface area (Å²) >= 11 is 5.90. The summed E-state index contributed by atoms with van der Waals surface area (Å²) in [4.78, 5) is 23.7. The number of anilines is 1. The molecule has 0 aromatic heterocycles. The van der Waals surface area contributed by atoms with E-state index in [-0.39, 0.29) is 18.2 Å². The van der Waals surface area contributed by atoms with E-state index in [1.165, 1.54) is 0 Å². The lowest BCUT2D eigenvalue weighted by atomic mass is 10.1. The highest BCUT2D eigenvalue weighted by Gasteiger charge is 2.10. The minimum atomic E-state index is -0.320. The number of benzene rings is 2. The van der Waals surface area contributed by atoms with E-state index < -0.39 is 0 Å². The number of amides is 2. The fourth-order valence-corrected chi connectivity index (χ4v) is 2.37. The van der Waals surface area contributed by atoms with Crippen molar-refractivity contribution in [3.63, 3.8) is 0 Å². The van der Waals surface area contributed by atoms with E-state index in [2.05, 4.69) is 10.6 Å². The monoisotopic (exact) mass is 330 g/mol. The lowest BCUT2D eigenvalue weighted by Crippen LogP contribution is -2.29. The molecule has 0 heterocycles.